The van der Waals surface area contributed by atoms with Crippen LogP contribution in [0.25, 0.3) is 10.1 Å². The van der Waals surface area contributed by atoms with Crippen molar-refractivity contribution >= 4 is 38.9 Å². The summed E-state index contributed by atoms with van der Waals surface area (Å²) in [7, 11) is 1.62. The lowest BCUT2D eigenvalue weighted by molar-refractivity contribution is -0.127. The van der Waals surface area contributed by atoms with Crippen LogP contribution < -0.4 is 10.1 Å². The largest absolute Gasteiger partial charge is 0.495 e. The monoisotopic (exact) mass is 323 g/mol. The SMILES string of the molecule is COc1cc2c(CCNC(=O)C3CCC3)csc2cc1Cl. The molecule has 3 rings (SSSR count). The van der Waals surface area contributed by atoms with Crippen molar-refractivity contribution in [2.45, 2.75) is 25.7 Å². The number of hydrogen-bond acceptors (Lipinski definition) is 3. The Balaban J connectivity index is 1.67. The van der Waals surface area contributed by atoms with Crippen LogP contribution in [0.3, 0.4) is 0 Å². The van der Waals surface area contributed by atoms with Gasteiger partial charge in [-0.2, -0.15) is 0 Å². The minimum atomic E-state index is 0.210. The van der Waals surface area contributed by atoms with Gasteiger partial charge in [0.2, 0.25) is 5.91 Å². The van der Waals surface area contributed by atoms with Crippen LogP contribution in [-0.4, -0.2) is 19.6 Å². The van der Waals surface area contributed by atoms with Crippen LogP contribution in [0.2, 0.25) is 5.02 Å². The van der Waals surface area contributed by atoms with E-state index in [1.165, 1.54) is 17.4 Å². The normalized spacial score (nSPS) is 15.0. The Morgan fingerprint density at radius 1 is 1.48 bits per heavy atom. The number of thiophene rings is 1. The molecule has 1 aromatic heterocycles. The molecule has 2 aromatic rings. The Labute approximate surface area is 133 Å². The maximum atomic E-state index is 11.8. The molecule has 0 unspecified atom stereocenters. The smallest absolute Gasteiger partial charge is 0.223 e. The van der Waals surface area contributed by atoms with E-state index < -0.39 is 0 Å². The van der Waals surface area contributed by atoms with E-state index in [0.29, 0.717) is 17.3 Å². The first-order chi connectivity index (χ1) is 10.2. The van der Waals surface area contributed by atoms with Gasteiger partial charge in [0, 0.05) is 17.2 Å². The molecule has 3 nitrogen and oxygen atoms in total. The Hall–Kier alpha value is -1.26. The van der Waals surface area contributed by atoms with Gasteiger partial charge in [0.25, 0.3) is 0 Å². The van der Waals surface area contributed by atoms with Crippen molar-refractivity contribution in [3.05, 3.63) is 28.1 Å². The molecule has 1 heterocycles. The molecule has 0 spiro atoms. The van der Waals surface area contributed by atoms with Crippen LogP contribution >= 0.6 is 22.9 Å². The third kappa shape index (κ3) is 3.01. The maximum Gasteiger partial charge on any atom is 0.223 e. The minimum Gasteiger partial charge on any atom is -0.495 e. The molecule has 0 bridgehead atoms. The summed E-state index contributed by atoms with van der Waals surface area (Å²) < 4.78 is 6.43. The summed E-state index contributed by atoms with van der Waals surface area (Å²) in [5, 5.41) is 6.97. The highest BCUT2D eigenvalue weighted by Crippen LogP contribution is 2.35. The second-order valence-electron chi connectivity index (χ2n) is 5.41. The average Bonchev–Trinajstić information content (AvgIpc) is 2.78. The summed E-state index contributed by atoms with van der Waals surface area (Å²) >= 11 is 7.82. The van der Waals surface area contributed by atoms with Crippen LogP contribution in [-0.2, 0) is 11.2 Å². The van der Waals surface area contributed by atoms with E-state index in [9.17, 15) is 4.79 Å². The summed E-state index contributed by atoms with van der Waals surface area (Å²) in [4.78, 5) is 11.8. The number of nitrogens with one attached hydrogen (secondary N) is 1. The summed E-state index contributed by atoms with van der Waals surface area (Å²) in [6, 6.07) is 3.92. The standard InChI is InChI=1S/C16H18ClNO2S/c1-20-14-7-12-11(9-21-15(12)8-13(14)17)5-6-18-16(19)10-3-2-4-10/h7-10H,2-6H2,1H3,(H,18,19). The molecule has 5 heteroatoms. The lowest BCUT2D eigenvalue weighted by atomic mass is 9.85. The molecule has 112 valence electrons. The van der Waals surface area contributed by atoms with Gasteiger partial charge in [-0.05, 0) is 47.7 Å². The average molecular weight is 324 g/mol. The molecule has 21 heavy (non-hydrogen) atoms. The first kappa shape index (κ1) is 14.7. The topological polar surface area (TPSA) is 38.3 Å². The summed E-state index contributed by atoms with van der Waals surface area (Å²) in [6.45, 7) is 0.687. The summed E-state index contributed by atoms with van der Waals surface area (Å²) in [5.74, 6) is 1.16. The third-order valence-electron chi connectivity index (χ3n) is 4.10. The molecular weight excluding hydrogens is 306 g/mol. The Kier molecular flexibility index (Phi) is 4.36. The molecular formula is C16H18ClNO2S. The quantitative estimate of drug-likeness (QED) is 0.902. The van der Waals surface area contributed by atoms with Crippen molar-refractivity contribution in [3.8, 4) is 5.75 Å². The van der Waals surface area contributed by atoms with Gasteiger partial charge in [0.05, 0.1) is 12.1 Å². The van der Waals surface area contributed by atoms with E-state index >= 15 is 0 Å². The molecule has 0 atom stereocenters. The molecule has 0 saturated heterocycles. The first-order valence-electron chi connectivity index (χ1n) is 7.20. The lowest BCUT2D eigenvalue weighted by Crippen LogP contribution is -2.35. The third-order valence-corrected chi connectivity index (χ3v) is 5.39. The molecule has 0 radical (unpaired) electrons. The van der Waals surface area contributed by atoms with Crippen LogP contribution in [0.5, 0.6) is 5.75 Å². The predicted molar refractivity (Wildman–Crippen MR) is 87.4 cm³/mol. The van der Waals surface area contributed by atoms with Gasteiger partial charge in [-0.3, -0.25) is 4.79 Å². The van der Waals surface area contributed by atoms with E-state index in [2.05, 4.69) is 10.7 Å². The van der Waals surface area contributed by atoms with Gasteiger partial charge in [-0.15, -0.1) is 11.3 Å². The first-order valence-corrected chi connectivity index (χ1v) is 8.46. The van der Waals surface area contributed by atoms with Crippen LogP contribution in [0, 0.1) is 5.92 Å². The molecule has 1 aromatic carbocycles. The predicted octanol–water partition coefficient (Wildman–Crippen LogP) is 4.02. The fourth-order valence-corrected chi connectivity index (χ4v) is 3.89. The second kappa shape index (κ2) is 6.24. The molecule has 1 aliphatic rings. The number of ether oxygens (including phenoxy) is 1. The van der Waals surface area contributed by atoms with Gasteiger partial charge < -0.3 is 10.1 Å². The maximum absolute atomic E-state index is 11.8. The minimum absolute atomic E-state index is 0.210. The van der Waals surface area contributed by atoms with Crippen LogP contribution in [0.4, 0.5) is 0 Å². The van der Waals surface area contributed by atoms with E-state index in [0.717, 1.165) is 24.0 Å². The second-order valence-corrected chi connectivity index (χ2v) is 6.73. The van der Waals surface area contributed by atoms with Crippen molar-refractivity contribution in [2.24, 2.45) is 5.92 Å². The van der Waals surface area contributed by atoms with E-state index in [-0.39, 0.29) is 11.8 Å². The molecule has 0 aliphatic heterocycles. The van der Waals surface area contributed by atoms with E-state index in [4.69, 9.17) is 16.3 Å². The fourth-order valence-electron chi connectivity index (χ4n) is 2.57. The zero-order chi connectivity index (χ0) is 14.8. The number of carbonyl (C=O) groups excluding carboxylic acids is 1. The lowest BCUT2D eigenvalue weighted by Gasteiger charge is -2.23. The highest BCUT2D eigenvalue weighted by Gasteiger charge is 2.24. The highest BCUT2D eigenvalue weighted by molar-refractivity contribution is 7.17. The number of benzene rings is 1. The van der Waals surface area contributed by atoms with E-state index in [1.807, 2.05) is 12.1 Å². The number of halogens is 1. The molecule has 1 N–H and O–H groups in total. The van der Waals surface area contributed by atoms with Gasteiger partial charge in [0.1, 0.15) is 5.75 Å². The van der Waals surface area contributed by atoms with Crippen LogP contribution in [0.15, 0.2) is 17.5 Å². The Bertz CT molecular complexity index is 664. The summed E-state index contributed by atoms with van der Waals surface area (Å²) in [6.07, 6.45) is 4.11. The Morgan fingerprint density at radius 3 is 2.95 bits per heavy atom. The van der Waals surface area contributed by atoms with Crippen molar-refractivity contribution in [1.29, 1.82) is 0 Å². The molecule has 1 amide bonds. The zero-order valence-corrected chi connectivity index (χ0v) is 13.5. The van der Waals surface area contributed by atoms with E-state index in [1.54, 1.807) is 18.4 Å². The summed E-state index contributed by atoms with van der Waals surface area (Å²) in [5.41, 5.74) is 1.24. The van der Waals surface area contributed by atoms with Gasteiger partial charge in [-0.1, -0.05) is 18.0 Å². The number of carbonyl (C=O) groups is 1. The van der Waals surface area contributed by atoms with Gasteiger partial charge in [-0.25, -0.2) is 0 Å². The van der Waals surface area contributed by atoms with Crippen molar-refractivity contribution in [1.82, 2.24) is 5.32 Å². The van der Waals surface area contributed by atoms with Crippen molar-refractivity contribution in [3.63, 3.8) is 0 Å². The number of hydrogen-bond donors (Lipinski definition) is 1. The molecule has 1 saturated carbocycles. The molecule has 1 fully saturated rings. The fraction of sp³-hybridized carbons (Fsp3) is 0.438. The number of methoxy groups -OCH3 is 1. The van der Waals surface area contributed by atoms with Gasteiger partial charge >= 0.3 is 0 Å². The van der Waals surface area contributed by atoms with Crippen molar-refractivity contribution in [2.75, 3.05) is 13.7 Å². The number of amides is 1. The number of rotatable bonds is 5. The Morgan fingerprint density at radius 2 is 2.29 bits per heavy atom. The van der Waals surface area contributed by atoms with Crippen molar-refractivity contribution < 1.29 is 9.53 Å². The van der Waals surface area contributed by atoms with Gasteiger partial charge in [0.15, 0.2) is 0 Å². The molecule has 1 aliphatic carbocycles. The van der Waals surface area contributed by atoms with Crippen LogP contribution in [0.1, 0.15) is 24.8 Å². The zero-order valence-electron chi connectivity index (χ0n) is 11.9. The highest BCUT2D eigenvalue weighted by atomic mass is 35.5. The number of fused-ring (bicyclic) bond motifs is 1.